The van der Waals surface area contributed by atoms with Crippen LogP contribution in [0.25, 0.3) is 36.5 Å². The lowest BCUT2D eigenvalue weighted by Crippen LogP contribution is -2.31. The average molecular weight is 685 g/mol. The van der Waals surface area contributed by atoms with Crippen molar-refractivity contribution >= 4 is 36.5 Å². The first kappa shape index (κ1) is 35.0. The van der Waals surface area contributed by atoms with E-state index in [4.69, 9.17) is 0 Å². The molecule has 7 aromatic rings. The zero-order valence-corrected chi connectivity index (χ0v) is 30.6. The molecule has 0 aliphatic rings. The molecule has 0 atom stereocenters. The molecule has 7 rings (SSSR count). The summed E-state index contributed by atoms with van der Waals surface area (Å²) < 4.78 is 0. The predicted molar refractivity (Wildman–Crippen MR) is 227 cm³/mol. The third-order valence-electron chi connectivity index (χ3n) is 10.2. The first-order valence-corrected chi connectivity index (χ1v) is 18.2. The van der Waals surface area contributed by atoms with Crippen molar-refractivity contribution in [3.63, 3.8) is 0 Å². The van der Waals surface area contributed by atoms with Gasteiger partial charge in [0.1, 0.15) is 5.75 Å². The van der Waals surface area contributed by atoms with Crippen LogP contribution >= 0.6 is 0 Å². The molecule has 0 unspecified atom stereocenters. The summed E-state index contributed by atoms with van der Waals surface area (Å²) >= 11 is 0. The lowest BCUT2D eigenvalue weighted by Gasteiger charge is -2.38. The van der Waals surface area contributed by atoms with Crippen molar-refractivity contribution in [2.75, 3.05) is 0 Å². The van der Waals surface area contributed by atoms with Crippen LogP contribution in [0.1, 0.15) is 72.3 Å². The third kappa shape index (κ3) is 7.76. The van der Waals surface area contributed by atoms with Crippen molar-refractivity contribution in [2.24, 2.45) is 0 Å². The second-order valence-electron chi connectivity index (χ2n) is 13.7. The summed E-state index contributed by atoms with van der Waals surface area (Å²) in [4.78, 5) is 0. The minimum absolute atomic E-state index is 0.246. The van der Waals surface area contributed by atoms with Crippen molar-refractivity contribution in [1.29, 1.82) is 0 Å². The van der Waals surface area contributed by atoms with Gasteiger partial charge < -0.3 is 5.11 Å². The van der Waals surface area contributed by atoms with E-state index in [0.29, 0.717) is 0 Å². The maximum atomic E-state index is 10.5. The van der Waals surface area contributed by atoms with Gasteiger partial charge in [-0.3, -0.25) is 0 Å². The number of benzene rings is 7. The summed E-state index contributed by atoms with van der Waals surface area (Å²) in [5, 5.41) is 10.5. The predicted octanol–water partition coefficient (Wildman–Crippen LogP) is 13.2. The Balaban J connectivity index is 1.41. The summed E-state index contributed by atoms with van der Waals surface area (Å²) in [7, 11) is 0. The van der Waals surface area contributed by atoms with Gasteiger partial charge in [-0.2, -0.15) is 0 Å². The second kappa shape index (κ2) is 15.8. The smallest absolute Gasteiger partial charge is 0.115 e. The molecule has 0 spiro atoms. The Kier molecular flexibility index (Phi) is 10.5. The van der Waals surface area contributed by atoms with Gasteiger partial charge in [-0.05, 0) is 105 Å². The lowest BCUT2D eigenvalue weighted by molar-refractivity contribution is 0.475. The fraction of sp³-hybridized carbons (Fsp3) is 0.0769. The molecule has 0 bridgehead atoms. The van der Waals surface area contributed by atoms with Gasteiger partial charge in [0.25, 0.3) is 0 Å². The van der Waals surface area contributed by atoms with Crippen molar-refractivity contribution < 1.29 is 5.11 Å². The van der Waals surface area contributed by atoms with Gasteiger partial charge in [0, 0.05) is 0 Å². The number of aromatic hydroxyl groups is 1. The Hall–Kier alpha value is -6.44. The summed E-state index contributed by atoms with van der Waals surface area (Å²) in [6.45, 7) is 6.59. The van der Waals surface area contributed by atoms with Crippen LogP contribution in [0.15, 0.2) is 170 Å². The van der Waals surface area contributed by atoms with Crippen LogP contribution in [0.3, 0.4) is 0 Å². The SMILES string of the molecule is Cc1cc(C(c2ccc(O)cc2)(c2ccc(/C=C/c3ccccc3)c(C)c2)c2ccc(/C=C/c3ccccc3)c(C)c2)ccc1/C=C/c1ccccc1. The fourth-order valence-corrected chi connectivity index (χ4v) is 7.25. The minimum atomic E-state index is -0.682. The zero-order valence-electron chi connectivity index (χ0n) is 30.6. The average Bonchev–Trinajstić information content (AvgIpc) is 3.19. The van der Waals surface area contributed by atoms with E-state index in [1.54, 1.807) is 0 Å². The molecule has 1 nitrogen and oxygen atoms in total. The van der Waals surface area contributed by atoms with E-state index in [-0.39, 0.29) is 5.75 Å². The van der Waals surface area contributed by atoms with Crippen LogP contribution in [0, 0.1) is 20.8 Å². The summed E-state index contributed by atoms with van der Waals surface area (Å²) in [5.74, 6) is 0.246. The molecule has 0 aliphatic carbocycles. The van der Waals surface area contributed by atoms with Crippen LogP contribution < -0.4 is 0 Å². The van der Waals surface area contributed by atoms with Crippen molar-refractivity contribution in [3.05, 3.63) is 242 Å². The van der Waals surface area contributed by atoms with E-state index < -0.39 is 5.41 Å². The van der Waals surface area contributed by atoms with E-state index in [1.165, 1.54) is 50.1 Å². The molecule has 1 heteroatoms. The van der Waals surface area contributed by atoms with Gasteiger partial charge in [0.15, 0.2) is 0 Å². The molecule has 0 aliphatic heterocycles. The molecular weight excluding hydrogens is 641 g/mol. The molecule has 0 aromatic heterocycles. The first-order chi connectivity index (χ1) is 25.9. The number of rotatable bonds is 10. The van der Waals surface area contributed by atoms with Gasteiger partial charge >= 0.3 is 0 Å². The van der Waals surface area contributed by atoms with E-state index >= 15 is 0 Å². The Morgan fingerprint density at radius 1 is 0.340 bits per heavy atom. The molecule has 0 radical (unpaired) electrons. The maximum Gasteiger partial charge on any atom is 0.115 e. The molecule has 258 valence electrons. The monoisotopic (exact) mass is 684 g/mol. The standard InChI is InChI=1S/C52H44O/c1-38-35-48(28-25-44(38)22-19-41-13-7-4-8-14-41)52(47-31-33-51(53)34-32-47,49-29-26-45(39(2)36-49)23-20-42-15-9-5-10-16-42)50-30-27-46(40(3)37-50)24-21-43-17-11-6-12-18-43/h4-37,53H,1-3H3/b22-19+,23-20+,24-21+. The van der Waals surface area contributed by atoms with E-state index in [0.717, 1.165) is 22.3 Å². The van der Waals surface area contributed by atoms with E-state index in [2.05, 4.69) is 197 Å². The Morgan fingerprint density at radius 3 is 0.943 bits per heavy atom. The van der Waals surface area contributed by atoms with Crippen molar-refractivity contribution in [1.82, 2.24) is 0 Å². The van der Waals surface area contributed by atoms with E-state index in [9.17, 15) is 5.11 Å². The highest BCUT2D eigenvalue weighted by molar-refractivity contribution is 5.75. The van der Waals surface area contributed by atoms with Gasteiger partial charge in [0.2, 0.25) is 0 Å². The number of phenols is 1. The highest BCUT2D eigenvalue weighted by Gasteiger charge is 2.39. The summed E-state index contributed by atoms with van der Waals surface area (Å²) in [6.07, 6.45) is 13.1. The Labute approximate surface area is 314 Å². The molecule has 0 amide bonds. The quantitative estimate of drug-likeness (QED) is 0.112. The second-order valence-corrected chi connectivity index (χ2v) is 13.7. The molecule has 1 N–H and O–H groups in total. The zero-order chi connectivity index (χ0) is 36.6. The van der Waals surface area contributed by atoms with Gasteiger partial charge in [-0.1, -0.05) is 194 Å². The number of hydrogen-bond acceptors (Lipinski definition) is 1. The minimum Gasteiger partial charge on any atom is -0.508 e. The van der Waals surface area contributed by atoms with Crippen LogP contribution in [0.2, 0.25) is 0 Å². The van der Waals surface area contributed by atoms with Crippen LogP contribution in [0.4, 0.5) is 0 Å². The van der Waals surface area contributed by atoms with Crippen LogP contribution in [-0.2, 0) is 5.41 Å². The lowest BCUT2D eigenvalue weighted by atomic mass is 9.64. The molecule has 53 heavy (non-hydrogen) atoms. The van der Waals surface area contributed by atoms with Crippen molar-refractivity contribution in [3.8, 4) is 5.75 Å². The number of phenolic OH excluding ortho intramolecular Hbond substituents is 1. The summed E-state index contributed by atoms with van der Waals surface area (Å²) in [5.41, 5.74) is 14.5. The Bertz CT molecular complexity index is 2160. The molecule has 0 fully saturated rings. The fourth-order valence-electron chi connectivity index (χ4n) is 7.25. The van der Waals surface area contributed by atoms with Gasteiger partial charge in [-0.15, -0.1) is 0 Å². The Morgan fingerprint density at radius 2 is 0.642 bits per heavy atom. The van der Waals surface area contributed by atoms with Crippen molar-refractivity contribution in [2.45, 2.75) is 26.2 Å². The first-order valence-electron chi connectivity index (χ1n) is 18.2. The largest absolute Gasteiger partial charge is 0.508 e. The topological polar surface area (TPSA) is 20.2 Å². The molecule has 0 saturated carbocycles. The maximum absolute atomic E-state index is 10.5. The van der Waals surface area contributed by atoms with Gasteiger partial charge in [0.05, 0.1) is 5.41 Å². The van der Waals surface area contributed by atoms with Crippen LogP contribution in [-0.4, -0.2) is 5.11 Å². The van der Waals surface area contributed by atoms with E-state index in [1.807, 2.05) is 30.3 Å². The normalized spacial score (nSPS) is 11.9. The summed E-state index contributed by atoms with van der Waals surface area (Å²) in [6, 6.07) is 59.6. The molecule has 0 heterocycles. The third-order valence-corrected chi connectivity index (χ3v) is 10.2. The van der Waals surface area contributed by atoms with Gasteiger partial charge in [-0.25, -0.2) is 0 Å². The highest BCUT2D eigenvalue weighted by atomic mass is 16.3. The molecular formula is C52H44O. The molecule has 0 saturated heterocycles. The number of aryl methyl sites for hydroxylation is 3. The number of hydrogen-bond donors (Lipinski definition) is 1. The molecule has 7 aromatic carbocycles. The van der Waals surface area contributed by atoms with Crippen LogP contribution in [0.5, 0.6) is 5.75 Å². The highest BCUT2D eigenvalue weighted by Crippen LogP contribution is 2.47.